The number of hydrogen-bond acceptors (Lipinski definition) is 1. The Balaban J connectivity index is 1.59. The lowest BCUT2D eigenvalue weighted by Gasteiger charge is -2.07. The van der Waals surface area contributed by atoms with Gasteiger partial charge in [0.15, 0.2) is 0 Å². The van der Waals surface area contributed by atoms with Gasteiger partial charge in [-0.3, -0.25) is 0 Å². The molecule has 58 valence electrons. The Hall–Kier alpha value is -0.0400. The Morgan fingerprint density at radius 1 is 1.10 bits per heavy atom. The van der Waals surface area contributed by atoms with Crippen LogP contribution in [-0.4, -0.2) is 24.5 Å². The van der Waals surface area contributed by atoms with E-state index >= 15 is 0 Å². The van der Waals surface area contributed by atoms with Gasteiger partial charge in [-0.1, -0.05) is 25.7 Å². The minimum absolute atomic E-state index is 1.10. The van der Waals surface area contributed by atoms with E-state index in [4.69, 9.17) is 0 Å². The molecule has 0 aromatic rings. The first-order chi connectivity index (χ1) is 4.95. The van der Waals surface area contributed by atoms with Gasteiger partial charge >= 0.3 is 0 Å². The van der Waals surface area contributed by atoms with Gasteiger partial charge in [0.25, 0.3) is 0 Å². The zero-order valence-corrected chi connectivity index (χ0v) is 6.68. The van der Waals surface area contributed by atoms with Crippen LogP contribution in [0.4, 0.5) is 0 Å². The molecule has 2 fully saturated rings. The highest BCUT2D eigenvalue weighted by atomic mass is 15.2. The minimum Gasteiger partial charge on any atom is -0.301 e. The highest BCUT2D eigenvalue weighted by molar-refractivity contribution is 4.75. The van der Waals surface area contributed by atoms with E-state index in [1.54, 1.807) is 0 Å². The summed E-state index contributed by atoms with van der Waals surface area (Å²) in [4.78, 5) is 2.54. The van der Waals surface area contributed by atoms with E-state index < -0.39 is 0 Å². The molecule has 0 amide bonds. The summed E-state index contributed by atoms with van der Waals surface area (Å²) in [7, 11) is 0. The Kier molecular flexibility index (Phi) is 1.94. The smallest absolute Gasteiger partial charge is 0.0110 e. The van der Waals surface area contributed by atoms with Crippen molar-refractivity contribution in [1.82, 2.24) is 4.90 Å². The molecule has 0 atom stereocenters. The fourth-order valence-corrected chi connectivity index (χ4v) is 1.96. The minimum atomic E-state index is 1.10. The molecule has 1 heteroatoms. The van der Waals surface area contributed by atoms with Crippen molar-refractivity contribution in [2.24, 2.45) is 5.92 Å². The molecule has 0 aromatic carbocycles. The summed E-state index contributed by atoms with van der Waals surface area (Å²) in [6.45, 7) is 4.16. The van der Waals surface area contributed by atoms with Crippen LogP contribution in [0.15, 0.2) is 0 Å². The van der Waals surface area contributed by atoms with E-state index in [9.17, 15) is 0 Å². The molecule has 1 saturated carbocycles. The summed E-state index contributed by atoms with van der Waals surface area (Å²) in [6, 6.07) is 0. The molecule has 1 nitrogen and oxygen atoms in total. The monoisotopic (exact) mass is 139 g/mol. The van der Waals surface area contributed by atoms with Crippen molar-refractivity contribution >= 4 is 0 Å². The van der Waals surface area contributed by atoms with Gasteiger partial charge in [-0.15, -0.1) is 0 Å². The van der Waals surface area contributed by atoms with Gasteiger partial charge < -0.3 is 4.90 Å². The lowest BCUT2D eigenvalue weighted by atomic mass is 10.0. The van der Waals surface area contributed by atoms with Gasteiger partial charge in [-0.2, -0.15) is 0 Å². The van der Waals surface area contributed by atoms with Gasteiger partial charge in [0.2, 0.25) is 0 Å². The molecule has 0 aromatic heterocycles. The molecule has 0 spiro atoms. The molecule has 2 rings (SSSR count). The van der Waals surface area contributed by atoms with Gasteiger partial charge in [-0.25, -0.2) is 0 Å². The van der Waals surface area contributed by atoms with E-state index in [1.807, 2.05) is 0 Å². The van der Waals surface area contributed by atoms with E-state index in [0.29, 0.717) is 0 Å². The van der Waals surface area contributed by atoms with E-state index in [1.165, 1.54) is 51.7 Å². The average molecular weight is 139 g/mol. The Morgan fingerprint density at radius 2 is 1.80 bits per heavy atom. The average Bonchev–Trinajstić information content (AvgIpc) is 2.63. The van der Waals surface area contributed by atoms with Crippen LogP contribution in [-0.2, 0) is 0 Å². The predicted molar refractivity (Wildman–Crippen MR) is 43.0 cm³/mol. The standard InChI is InChI=1S/C9H17N/c1-2-4-9(3-1)5-6-10-7-8-10/h9H,1-8H2. The third-order valence-corrected chi connectivity index (χ3v) is 2.87. The van der Waals surface area contributed by atoms with Crippen LogP contribution in [0.5, 0.6) is 0 Å². The summed E-state index contributed by atoms with van der Waals surface area (Å²) in [5.74, 6) is 1.10. The normalized spacial score (nSPS) is 27.6. The Labute approximate surface area is 63.4 Å². The third-order valence-electron chi connectivity index (χ3n) is 2.87. The van der Waals surface area contributed by atoms with Gasteiger partial charge in [0, 0.05) is 13.1 Å². The summed E-state index contributed by atoms with van der Waals surface area (Å²) in [5.41, 5.74) is 0. The molecular formula is C9H17N. The number of hydrogen-bond donors (Lipinski definition) is 0. The van der Waals surface area contributed by atoms with Gasteiger partial charge in [-0.05, 0) is 18.9 Å². The van der Waals surface area contributed by atoms with Crippen LogP contribution >= 0.6 is 0 Å². The van der Waals surface area contributed by atoms with Crippen LogP contribution in [0.2, 0.25) is 0 Å². The first-order valence-electron chi connectivity index (χ1n) is 4.67. The predicted octanol–water partition coefficient (Wildman–Crippen LogP) is 1.88. The first-order valence-corrected chi connectivity index (χ1v) is 4.67. The molecule has 0 bridgehead atoms. The lowest BCUT2D eigenvalue weighted by Crippen LogP contribution is -2.04. The SMILES string of the molecule is C1CCC(CCN2CC2)C1. The first kappa shape index (κ1) is 6.66. The van der Waals surface area contributed by atoms with Crippen LogP contribution < -0.4 is 0 Å². The number of nitrogens with zero attached hydrogens (tertiary/aromatic N) is 1. The topological polar surface area (TPSA) is 3.01 Å². The molecule has 1 aliphatic carbocycles. The van der Waals surface area contributed by atoms with Crippen molar-refractivity contribution in [3.8, 4) is 0 Å². The van der Waals surface area contributed by atoms with Gasteiger partial charge in [0.1, 0.15) is 0 Å². The summed E-state index contributed by atoms with van der Waals surface area (Å²) in [6.07, 6.45) is 7.54. The Bertz CT molecular complexity index is 101. The van der Waals surface area contributed by atoms with Crippen molar-refractivity contribution in [2.45, 2.75) is 32.1 Å². The zero-order chi connectivity index (χ0) is 6.81. The molecule has 0 unspecified atom stereocenters. The largest absolute Gasteiger partial charge is 0.301 e. The second kappa shape index (κ2) is 2.91. The summed E-state index contributed by atoms with van der Waals surface area (Å²) < 4.78 is 0. The maximum Gasteiger partial charge on any atom is 0.0110 e. The maximum absolute atomic E-state index is 2.54. The van der Waals surface area contributed by atoms with Crippen LogP contribution in [0.1, 0.15) is 32.1 Å². The molecule has 1 saturated heterocycles. The fourth-order valence-electron chi connectivity index (χ4n) is 1.96. The summed E-state index contributed by atoms with van der Waals surface area (Å²) >= 11 is 0. The molecule has 0 radical (unpaired) electrons. The van der Waals surface area contributed by atoms with Crippen LogP contribution in [0.25, 0.3) is 0 Å². The third kappa shape index (κ3) is 1.72. The van der Waals surface area contributed by atoms with Gasteiger partial charge in [0.05, 0.1) is 0 Å². The molecule has 2 aliphatic rings. The Morgan fingerprint density at radius 3 is 2.40 bits per heavy atom. The maximum atomic E-state index is 2.54. The molecule has 1 heterocycles. The van der Waals surface area contributed by atoms with E-state index in [2.05, 4.69) is 4.90 Å². The highest BCUT2D eigenvalue weighted by Gasteiger charge is 2.20. The van der Waals surface area contributed by atoms with Crippen molar-refractivity contribution in [3.63, 3.8) is 0 Å². The molecular weight excluding hydrogens is 122 g/mol. The zero-order valence-electron chi connectivity index (χ0n) is 6.68. The second-order valence-corrected chi connectivity index (χ2v) is 3.78. The highest BCUT2D eigenvalue weighted by Crippen LogP contribution is 2.28. The van der Waals surface area contributed by atoms with Crippen molar-refractivity contribution < 1.29 is 0 Å². The van der Waals surface area contributed by atoms with Crippen molar-refractivity contribution in [1.29, 1.82) is 0 Å². The molecule has 0 N–H and O–H groups in total. The van der Waals surface area contributed by atoms with Crippen LogP contribution in [0, 0.1) is 5.92 Å². The van der Waals surface area contributed by atoms with Crippen LogP contribution in [0.3, 0.4) is 0 Å². The van der Waals surface area contributed by atoms with Crippen molar-refractivity contribution in [3.05, 3.63) is 0 Å². The lowest BCUT2D eigenvalue weighted by molar-refractivity contribution is 0.428. The molecule has 1 aliphatic heterocycles. The van der Waals surface area contributed by atoms with Crippen molar-refractivity contribution in [2.75, 3.05) is 19.6 Å². The quantitative estimate of drug-likeness (QED) is 0.539. The number of rotatable bonds is 3. The second-order valence-electron chi connectivity index (χ2n) is 3.78. The van der Waals surface area contributed by atoms with E-state index in [-0.39, 0.29) is 0 Å². The fraction of sp³-hybridized carbons (Fsp3) is 1.00. The summed E-state index contributed by atoms with van der Waals surface area (Å²) in [5, 5.41) is 0. The molecule has 10 heavy (non-hydrogen) atoms. The van der Waals surface area contributed by atoms with E-state index in [0.717, 1.165) is 5.92 Å².